The highest BCUT2D eigenvalue weighted by Gasteiger charge is 2.26. The highest BCUT2D eigenvalue weighted by molar-refractivity contribution is 7.14. The summed E-state index contributed by atoms with van der Waals surface area (Å²) in [6, 6.07) is 2.34. The van der Waals surface area contributed by atoms with Crippen LogP contribution in [0, 0.1) is 6.92 Å². The van der Waals surface area contributed by atoms with E-state index >= 15 is 0 Å². The zero-order chi connectivity index (χ0) is 13.1. The number of thiophene rings is 1. The van der Waals surface area contributed by atoms with E-state index in [0.717, 1.165) is 35.7 Å². The van der Waals surface area contributed by atoms with Gasteiger partial charge < -0.3 is 15.0 Å². The molecular weight excluding hydrogens is 248 g/mol. The lowest BCUT2D eigenvalue weighted by Crippen LogP contribution is -2.46. The lowest BCUT2D eigenvalue weighted by atomic mass is 10.1. The second-order valence-electron chi connectivity index (χ2n) is 4.63. The Labute approximate surface area is 112 Å². The van der Waals surface area contributed by atoms with Crippen LogP contribution in [0.5, 0.6) is 5.75 Å². The molecule has 0 spiro atoms. The first-order valence-corrected chi connectivity index (χ1v) is 7.08. The molecule has 0 saturated carbocycles. The first kappa shape index (κ1) is 13.4. The molecule has 1 N–H and O–H groups in total. The standard InChI is InChI=1S/C13H20N2O2S/c1-9-7-11(17-3)12(18-9)13(16)15-6-4-5-10(8-15)14-2/h7,10,14H,4-6,8H2,1-3H3/t10-/m1/s1. The van der Waals surface area contributed by atoms with Gasteiger partial charge in [-0.05, 0) is 32.9 Å². The van der Waals surface area contributed by atoms with Crippen molar-refractivity contribution in [3.63, 3.8) is 0 Å². The molecule has 18 heavy (non-hydrogen) atoms. The third-order valence-corrected chi connectivity index (χ3v) is 4.37. The maximum atomic E-state index is 12.5. The van der Waals surface area contributed by atoms with Crippen molar-refractivity contribution < 1.29 is 9.53 Å². The number of carbonyl (C=O) groups excluding carboxylic acids is 1. The van der Waals surface area contributed by atoms with E-state index < -0.39 is 0 Å². The molecule has 1 amide bonds. The lowest BCUT2D eigenvalue weighted by Gasteiger charge is -2.32. The third-order valence-electron chi connectivity index (χ3n) is 3.35. The maximum Gasteiger partial charge on any atom is 0.267 e. The highest BCUT2D eigenvalue weighted by Crippen LogP contribution is 2.30. The molecule has 0 bridgehead atoms. The smallest absolute Gasteiger partial charge is 0.267 e. The molecule has 2 rings (SSSR count). The van der Waals surface area contributed by atoms with Crippen LogP contribution >= 0.6 is 11.3 Å². The second kappa shape index (κ2) is 5.71. The fourth-order valence-corrected chi connectivity index (χ4v) is 3.28. The number of nitrogens with zero attached hydrogens (tertiary/aromatic N) is 1. The summed E-state index contributed by atoms with van der Waals surface area (Å²) in [4.78, 5) is 16.2. The minimum atomic E-state index is 0.102. The monoisotopic (exact) mass is 268 g/mol. The fourth-order valence-electron chi connectivity index (χ4n) is 2.33. The van der Waals surface area contributed by atoms with E-state index in [-0.39, 0.29) is 5.91 Å². The maximum absolute atomic E-state index is 12.5. The van der Waals surface area contributed by atoms with Gasteiger partial charge in [-0.3, -0.25) is 4.79 Å². The van der Waals surface area contributed by atoms with Crippen molar-refractivity contribution in [1.29, 1.82) is 0 Å². The molecule has 100 valence electrons. The third kappa shape index (κ3) is 2.67. The van der Waals surface area contributed by atoms with Gasteiger partial charge in [-0.1, -0.05) is 0 Å². The summed E-state index contributed by atoms with van der Waals surface area (Å²) in [5, 5.41) is 3.25. The van der Waals surface area contributed by atoms with Gasteiger partial charge in [0.05, 0.1) is 7.11 Å². The fraction of sp³-hybridized carbons (Fsp3) is 0.615. The van der Waals surface area contributed by atoms with Crippen LogP contribution in [-0.2, 0) is 0 Å². The predicted octanol–water partition coefficient (Wildman–Crippen LogP) is 1.89. The summed E-state index contributed by atoms with van der Waals surface area (Å²) in [7, 11) is 3.57. The van der Waals surface area contributed by atoms with Crippen molar-refractivity contribution in [2.24, 2.45) is 0 Å². The van der Waals surface area contributed by atoms with E-state index in [1.54, 1.807) is 7.11 Å². The molecule has 1 aromatic heterocycles. The Bertz CT molecular complexity index is 431. The summed E-state index contributed by atoms with van der Waals surface area (Å²) in [6.45, 7) is 3.63. The van der Waals surface area contributed by atoms with Crippen molar-refractivity contribution >= 4 is 17.2 Å². The van der Waals surface area contributed by atoms with E-state index in [1.807, 2.05) is 24.9 Å². The quantitative estimate of drug-likeness (QED) is 0.910. The van der Waals surface area contributed by atoms with E-state index in [0.29, 0.717) is 11.8 Å². The van der Waals surface area contributed by atoms with Crippen LogP contribution in [0.25, 0.3) is 0 Å². The molecule has 0 aromatic carbocycles. The van der Waals surface area contributed by atoms with Crippen LogP contribution in [0.3, 0.4) is 0 Å². The average molecular weight is 268 g/mol. The van der Waals surface area contributed by atoms with Gasteiger partial charge in [-0.15, -0.1) is 11.3 Å². The molecular formula is C13H20N2O2S. The van der Waals surface area contributed by atoms with Gasteiger partial charge in [0, 0.05) is 24.0 Å². The number of methoxy groups -OCH3 is 1. The van der Waals surface area contributed by atoms with Crippen LogP contribution in [0.15, 0.2) is 6.07 Å². The molecule has 1 atom stereocenters. The van der Waals surface area contributed by atoms with E-state index in [2.05, 4.69) is 5.32 Å². The summed E-state index contributed by atoms with van der Waals surface area (Å²) in [6.07, 6.45) is 2.20. The van der Waals surface area contributed by atoms with Gasteiger partial charge in [-0.25, -0.2) is 0 Å². The molecule has 1 aliphatic rings. The van der Waals surface area contributed by atoms with Crippen molar-refractivity contribution in [2.75, 3.05) is 27.2 Å². The van der Waals surface area contributed by atoms with Crippen LogP contribution in [0.1, 0.15) is 27.4 Å². The summed E-state index contributed by atoms with van der Waals surface area (Å²) in [5.74, 6) is 0.805. The zero-order valence-electron chi connectivity index (χ0n) is 11.2. The Balaban J connectivity index is 2.14. The molecule has 0 unspecified atom stereocenters. The predicted molar refractivity (Wildman–Crippen MR) is 73.6 cm³/mol. The Hall–Kier alpha value is -1.07. The number of carbonyl (C=O) groups is 1. The van der Waals surface area contributed by atoms with Gasteiger partial charge in [0.1, 0.15) is 10.6 Å². The second-order valence-corrected chi connectivity index (χ2v) is 5.89. The number of likely N-dealkylation sites (N-methyl/N-ethyl adjacent to an activating group) is 1. The minimum absolute atomic E-state index is 0.102. The van der Waals surface area contributed by atoms with E-state index in [9.17, 15) is 4.79 Å². The number of amides is 1. The topological polar surface area (TPSA) is 41.6 Å². The van der Waals surface area contributed by atoms with Gasteiger partial charge in [-0.2, -0.15) is 0 Å². The van der Waals surface area contributed by atoms with Gasteiger partial charge >= 0.3 is 0 Å². The first-order valence-electron chi connectivity index (χ1n) is 6.26. The van der Waals surface area contributed by atoms with Crippen LogP contribution in [-0.4, -0.2) is 44.1 Å². The highest BCUT2D eigenvalue weighted by atomic mass is 32.1. The number of hydrogen-bond acceptors (Lipinski definition) is 4. The number of likely N-dealkylation sites (tertiary alicyclic amines) is 1. The van der Waals surface area contributed by atoms with E-state index in [1.165, 1.54) is 11.3 Å². The van der Waals surface area contributed by atoms with E-state index in [4.69, 9.17) is 4.74 Å². The number of hydrogen-bond donors (Lipinski definition) is 1. The molecule has 1 aromatic rings. The number of piperidine rings is 1. The molecule has 5 heteroatoms. The Morgan fingerprint density at radius 3 is 3.06 bits per heavy atom. The van der Waals surface area contributed by atoms with Crippen molar-refractivity contribution in [2.45, 2.75) is 25.8 Å². The summed E-state index contributed by atoms with van der Waals surface area (Å²) in [5.41, 5.74) is 0. The molecule has 4 nitrogen and oxygen atoms in total. The van der Waals surface area contributed by atoms with Crippen LogP contribution in [0.2, 0.25) is 0 Å². The molecule has 0 radical (unpaired) electrons. The molecule has 1 saturated heterocycles. The number of nitrogens with one attached hydrogen (secondary N) is 1. The number of ether oxygens (including phenoxy) is 1. The molecule has 0 aliphatic carbocycles. The normalized spacial score (nSPS) is 19.9. The van der Waals surface area contributed by atoms with Gasteiger partial charge in [0.2, 0.25) is 0 Å². The van der Waals surface area contributed by atoms with Crippen LogP contribution < -0.4 is 10.1 Å². The van der Waals surface area contributed by atoms with Gasteiger partial charge in [0.25, 0.3) is 5.91 Å². The summed E-state index contributed by atoms with van der Waals surface area (Å²) >= 11 is 1.51. The van der Waals surface area contributed by atoms with Crippen LogP contribution in [0.4, 0.5) is 0 Å². The average Bonchev–Trinajstić information content (AvgIpc) is 2.79. The Kier molecular flexibility index (Phi) is 4.24. The SMILES string of the molecule is CN[C@@H]1CCCN(C(=O)c2sc(C)cc2OC)C1. The van der Waals surface area contributed by atoms with Crippen molar-refractivity contribution in [1.82, 2.24) is 10.2 Å². The molecule has 2 heterocycles. The molecule has 1 fully saturated rings. The minimum Gasteiger partial charge on any atom is -0.495 e. The largest absolute Gasteiger partial charge is 0.495 e. The molecule has 1 aliphatic heterocycles. The van der Waals surface area contributed by atoms with Gasteiger partial charge in [0.15, 0.2) is 0 Å². The summed E-state index contributed by atoms with van der Waals surface area (Å²) < 4.78 is 5.28. The zero-order valence-corrected chi connectivity index (χ0v) is 12.0. The first-order chi connectivity index (χ1) is 8.65. The number of aryl methyl sites for hydroxylation is 1. The van der Waals surface area contributed by atoms with Crippen molar-refractivity contribution in [3.8, 4) is 5.75 Å². The van der Waals surface area contributed by atoms with Crippen molar-refractivity contribution in [3.05, 3.63) is 15.8 Å². The number of rotatable bonds is 3. The Morgan fingerprint density at radius 1 is 1.61 bits per heavy atom. The lowest BCUT2D eigenvalue weighted by molar-refractivity contribution is 0.0700. The Morgan fingerprint density at radius 2 is 2.39 bits per heavy atom.